The number of rotatable bonds is 13. The fourth-order valence-corrected chi connectivity index (χ4v) is 2.52. The fraction of sp³-hybridized carbons (Fsp3) is 0.938. The Kier molecular flexibility index (Phi) is 21.6. The summed E-state index contributed by atoms with van der Waals surface area (Å²) < 4.78 is 5.00. The lowest BCUT2D eigenvalue weighted by Gasteiger charge is -2.10. The molecular formula is C16H36N2O2S. The SMILES string of the molecule is CC.COCCCSCCCCCC(=O)NCCN(C)C. The Bertz CT molecular complexity index is 214. The maximum absolute atomic E-state index is 11.5. The summed E-state index contributed by atoms with van der Waals surface area (Å²) in [6.07, 6.45) is 5.17. The van der Waals surface area contributed by atoms with Crippen LogP contribution in [0.5, 0.6) is 0 Å². The van der Waals surface area contributed by atoms with Crippen molar-refractivity contribution in [1.82, 2.24) is 10.2 Å². The van der Waals surface area contributed by atoms with Crippen LogP contribution in [-0.4, -0.2) is 63.2 Å². The summed E-state index contributed by atoms with van der Waals surface area (Å²) in [5.74, 6) is 2.57. The van der Waals surface area contributed by atoms with Crippen molar-refractivity contribution in [3.63, 3.8) is 0 Å². The van der Waals surface area contributed by atoms with E-state index >= 15 is 0 Å². The monoisotopic (exact) mass is 320 g/mol. The van der Waals surface area contributed by atoms with E-state index in [2.05, 4.69) is 10.2 Å². The summed E-state index contributed by atoms with van der Waals surface area (Å²) in [6.45, 7) is 6.52. The van der Waals surface area contributed by atoms with Crippen LogP contribution in [0.1, 0.15) is 46.0 Å². The van der Waals surface area contributed by atoms with Crippen LogP contribution in [-0.2, 0) is 9.53 Å². The second-order valence-corrected chi connectivity index (χ2v) is 6.15. The molecule has 21 heavy (non-hydrogen) atoms. The van der Waals surface area contributed by atoms with E-state index in [1.54, 1.807) is 7.11 Å². The van der Waals surface area contributed by atoms with E-state index in [0.717, 1.165) is 39.0 Å². The van der Waals surface area contributed by atoms with Crippen molar-refractivity contribution in [2.75, 3.05) is 52.4 Å². The van der Waals surface area contributed by atoms with Crippen molar-refractivity contribution in [2.24, 2.45) is 0 Å². The average molecular weight is 321 g/mol. The minimum Gasteiger partial charge on any atom is -0.385 e. The number of nitrogens with zero attached hydrogens (tertiary/aromatic N) is 1. The Morgan fingerprint density at radius 3 is 2.38 bits per heavy atom. The van der Waals surface area contributed by atoms with Gasteiger partial charge in [-0.1, -0.05) is 20.3 Å². The molecule has 1 N–H and O–H groups in total. The molecule has 5 heteroatoms. The highest BCUT2D eigenvalue weighted by atomic mass is 32.2. The normalized spacial score (nSPS) is 10.2. The third-order valence-electron chi connectivity index (χ3n) is 2.71. The molecule has 128 valence electrons. The van der Waals surface area contributed by atoms with Gasteiger partial charge in [0.2, 0.25) is 5.91 Å². The van der Waals surface area contributed by atoms with Crippen LogP contribution in [0, 0.1) is 0 Å². The first-order chi connectivity index (χ1) is 10.2. The number of ether oxygens (including phenoxy) is 1. The predicted octanol–water partition coefficient (Wildman–Crippen LogP) is 3.02. The van der Waals surface area contributed by atoms with Crippen molar-refractivity contribution >= 4 is 17.7 Å². The third-order valence-corrected chi connectivity index (χ3v) is 3.87. The number of carbonyl (C=O) groups excluding carboxylic acids is 1. The fourth-order valence-electron chi connectivity index (χ4n) is 1.58. The molecule has 0 bridgehead atoms. The summed E-state index contributed by atoms with van der Waals surface area (Å²) in [5.41, 5.74) is 0. The molecule has 0 radical (unpaired) electrons. The number of thioether (sulfide) groups is 1. The number of likely N-dealkylation sites (N-methyl/N-ethyl adjacent to an activating group) is 1. The summed E-state index contributed by atoms with van der Waals surface area (Å²) in [6, 6.07) is 0. The number of carbonyl (C=O) groups is 1. The Hall–Kier alpha value is -0.260. The highest BCUT2D eigenvalue weighted by Gasteiger charge is 2.00. The number of nitrogens with one attached hydrogen (secondary N) is 1. The largest absolute Gasteiger partial charge is 0.385 e. The molecule has 0 aromatic rings. The second-order valence-electron chi connectivity index (χ2n) is 4.92. The highest BCUT2D eigenvalue weighted by molar-refractivity contribution is 7.99. The van der Waals surface area contributed by atoms with E-state index in [1.807, 2.05) is 39.7 Å². The van der Waals surface area contributed by atoms with E-state index in [-0.39, 0.29) is 5.91 Å². The predicted molar refractivity (Wildman–Crippen MR) is 95.2 cm³/mol. The van der Waals surface area contributed by atoms with E-state index < -0.39 is 0 Å². The minimum atomic E-state index is 0.189. The zero-order chi connectivity index (χ0) is 16.3. The topological polar surface area (TPSA) is 41.6 Å². The maximum Gasteiger partial charge on any atom is 0.220 e. The molecule has 0 saturated heterocycles. The highest BCUT2D eigenvalue weighted by Crippen LogP contribution is 2.08. The van der Waals surface area contributed by atoms with Gasteiger partial charge in [-0.2, -0.15) is 11.8 Å². The van der Waals surface area contributed by atoms with Crippen molar-refractivity contribution in [1.29, 1.82) is 0 Å². The number of hydrogen-bond acceptors (Lipinski definition) is 4. The number of unbranched alkanes of at least 4 members (excludes halogenated alkanes) is 2. The lowest BCUT2D eigenvalue weighted by molar-refractivity contribution is -0.121. The number of amides is 1. The van der Waals surface area contributed by atoms with Gasteiger partial charge in [0.15, 0.2) is 0 Å². The average Bonchev–Trinajstić information content (AvgIpc) is 2.47. The van der Waals surface area contributed by atoms with Crippen LogP contribution >= 0.6 is 11.8 Å². The van der Waals surface area contributed by atoms with Gasteiger partial charge >= 0.3 is 0 Å². The molecule has 0 saturated carbocycles. The standard InChI is InChI=1S/C14H30N2O2S.C2H6/c1-16(2)10-9-15-14(17)8-5-4-6-12-19-13-7-11-18-3;1-2/h4-13H2,1-3H3,(H,15,17);1-2H3. The number of methoxy groups -OCH3 is 1. The van der Waals surface area contributed by atoms with Crippen LogP contribution in [0.3, 0.4) is 0 Å². The number of hydrogen-bond donors (Lipinski definition) is 1. The lowest BCUT2D eigenvalue weighted by atomic mass is 10.2. The third kappa shape index (κ3) is 22.2. The van der Waals surface area contributed by atoms with Gasteiger partial charge in [-0.25, -0.2) is 0 Å². The van der Waals surface area contributed by atoms with E-state index in [0.29, 0.717) is 6.42 Å². The van der Waals surface area contributed by atoms with Crippen molar-refractivity contribution < 1.29 is 9.53 Å². The molecule has 0 heterocycles. The molecule has 0 aromatic carbocycles. The molecule has 0 spiro atoms. The Balaban J connectivity index is 0. The zero-order valence-electron chi connectivity index (χ0n) is 14.7. The molecule has 1 amide bonds. The van der Waals surface area contributed by atoms with Gasteiger partial charge in [-0.15, -0.1) is 0 Å². The van der Waals surface area contributed by atoms with E-state index in [9.17, 15) is 4.79 Å². The summed E-state index contributed by atoms with van der Waals surface area (Å²) in [5, 5.41) is 2.94. The first kappa shape index (κ1) is 23.0. The first-order valence-corrected chi connectivity index (χ1v) is 9.30. The molecule has 0 fully saturated rings. The molecule has 0 aliphatic rings. The smallest absolute Gasteiger partial charge is 0.220 e. The van der Waals surface area contributed by atoms with Crippen molar-refractivity contribution in [3.8, 4) is 0 Å². The van der Waals surface area contributed by atoms with Crippen LogP contribution in [0.2, 0.25) is 0 Å². The maximum atomic E-state index is 11.5. The van der Waals surface area contributed by atoms with Gasteiger partial charge in [0, 0.05) is 33.2 Å². The van der Waals surface area contributed by atoms with E-state index in [4.69, 9.17) is 4.74 Å². The molecule has 0 aliphatic heterocycles. The summed E-state index contributed by atoms with van der Waals surface area (Å²) >= 11 is 1.98. The van der Waals surface area contributed by atoms with Crippen LogP contribution in [0.4, 0.5) is 0 Å². The van der Waals surface area contributed by atoms with Gasteiger partial charge in [-0.3, -0.25) is 4.79 Å². The molecule has 0 unspecified atom stereocenters. The van der Waals surface area contributed by atoms with Gasteiger partial charge in [0.1, 0.15) is 0 Å². The van der Waals surface area contributed by atoms with Crippen LogP contribution in [0.25, 0.3) is 0 Å². The first-order valence-electron chi connectivity index (χ1n) is 8.15. The van der Waals surface area contributed by atoms with Gasteiger partial charge in [0.25, 0.3) is 0 Å². The summed E-state index contributed by atoms with van der Waals surface area (Å²) in [4.78, 5) is 13.6. The quantitative estimate of drug-likeness (QED) is 0.530. The molecule has 4 nitrogen and oxygen atoms in total. The molecule has 0 atom stereocenters. The molecule has 0 aromatic heterocycles. The van der Waals surface area contributed by atoms with Crippen LogP contribution < -0.4 is 5.32 Å². The lowest BCUT2D eigenvalue weighted by Crippen LogP contribution is -2.31. The minimum absolute atomic E-state index is 0.189. The Morgan fingerprint density at radius 1 is 1.10 bits per heavy atom. The second kappa shape index (κ2) is 19.7. The Labute approximate surface area is 136 Å². The molecule has 0 aliphatic carbocycles. The van der Waals surface area contributed by atoms with Crippen molar-refractivity contribution in [2.45, 2.75) is 46.0 Å². The summed E-state index contributed by atoms with van der Waals surface area (Å²) in [7, 11) is 5.77. The zero-order valence-corrected chi connectivity index (χ0v) is 15.6. The van der Waals surface area contributed by atoms with Gasteiger partial charge < -0.3 is 15.0 Å². The molecular weight excluding hydrogens is 284 g/mol. The molecule has 0 rings (SSSR count). The van der Waals surface area contributed by atoms with E-state index in [1.165, 1.54) is 17.9 Å². The Morgan fingerprint density at radius 2 is 1.76 bits per heavy atom. The van der Waals surface area contributed by atoms with Gasteiger partial charge in [-0.05, 0) is 44.9 Å². The van der Waals surface area contributed by atoms with Crippen molar-refractivity contribution in [3.05, 3.63) is 0 Å². The van der Waals surface area contributed by atoms with Crippen LogP contribution in [0.15, 0.2) is 0 Å². The van der Waals surface area contributed by atoms with Gasteiger partial charge in [0.05, 0.1) is 0 Å².